The molecule has 0 bridgehead atoms. The Hall–Kier alpha value is -1.46. The minimum atomic E-state index is -0.667. The highest BCUT2D eigenvalue weighted by Crippen LogP contribution is 2.38. The second-order valence-electron chi connectivity index (χ2n) is 7.71. The number of nitrogens with one attached hydrogen (secondary N) is 1. The summed E-state index contributed by atoms with van der Waals surface area (Å²) in [5.74, 6) is 0. The summed E-state index contributed by atoms with van der Waals surface area (Å²) in [6, 6.07) is -0.418. The van der Waals surface area contributed by atoms with E-state index in [1.807, 2.05) is 18.4 Å². The first-order chi connectivity index (χ1) is 14.6. The van der Waals surface area contributed by atoms with Crippen LogP contribution in [0.5, 0.6) is 0 Å². The summed E-state index contributed by atoms with van der Waals surface area (Å²) >= 11 is 10.00. The number of aromatic nitrogens is 3. The zero-order valence-corrected chi connectivity index (χ0v) is 21.0. The Morgan fingerprint density at radius 1 is 1.26 bits per heavy atom. The van der Waals surface area contributed by atoms with E-state index in [4.69, 9.17) is 30.5 Å². The predicted octanol–water partition coefficient (Wildman–Crippen LogP) is 4.46. The van der Waals surface area contributed by atoms with Gasteiger partial charge < -0.3 is 28.8 Å². The summed E-state index contributed by atoms with van der Waals surface area (Å²) in [5, 5.41) is 3.80. The van der Waals surface area contributed by atoms with Crippen molar-refractivity contribution in [3.05, 3.63) is 21.6 Å². The van der Waals surface area contributed by atoms with Crippen LogP contribution in [-0.4, -0.2) is 59.2 Å². The molecular weight excluding hydrogens is 492 g/mol. The highest BCUT2D eigenvalue weighted by molar-refractivity contribution is 9.10. The molecule has 31 heavy (non-hydrogen) atoms. The first-order valence-electron chi connectivity index (χ1n) is 10.0. The third-order valence-corrected chi connectivity index (χ3v) is 5.21. The summed E-state index contributed by atoms with van der Waals surface area (Å²) < 4.78 is 25.0. The number of hydrogen-bond donors (Lipinski definition) is 1. The molecule has 9 nitrogen and oxygen atoms in total. The van der Waals surface area contributed by atoms with Crippen molar-refractivity contribution in [2.75, 3.05) is 26.9 Å². The van der Waals surface area contributed by atoms with Gasteiger partial charge in [-0.05, 0) is 50.5 Å². The smallest absolute Gasteiger partial charge is 0.408 e. The van der Waals surface area contributed by atoms with Gasteiger partial charge in [0.1, 0.15) is 22.7 Å². The number of hydrogen-bond acceptors (Lipinski definition) is 7. The van der Waals surface area contributed by atoms with Crippen LogP contribution in [0.4, 0.5) is 4.79 Å². The highest BCUT2D eigenvalue weighted by Gasteiger charge is 2.29. The van der Waals surface area contributed by atoms with Gasteiger partial charge in [0.25, 0.3) is 0 Å². The summed E-state index contributed by atoms with van der Waals surface area (Å²) in [5.41, 5.74) is 0.651. The number of alkyl carbamates (subject to hydrolysis) is 1. The van der Waals surface area contributed by atoms with E-state index in [-0.39, 0.29) is 6.61 Å². The lowest BCUT2D eigenvalue weighted by Crippen LogP contribution is -2.44. The number of ether oxygens (including phenoxy) is 4. The monoisotopic (exact) mass is 520 g/mol. The summed E-state index contributed by atoms with van der Waals surface area (Å²) in [6.07, 6.45) is 0.185. The normalized spacial score (nSPS) is 13.1. The lowest BCUT2D eigenvalue weighted by molar-refractivity contribution is -0.144. The van der Waals surface area contributed by atoms with Gasteiger partial charge in [0.15, 0.2) is 6.29 Å². The predicted molar refractivity (Wildman–Crippen MR) is 121 cm³/mol. The van der Waals surface area contributed by atoms with Gasteiger partial charge in [-0.15, -0.1) is 0 Å². The zero-order chi connectivity index (χ0) is 23.2. The van der Waals surface area contributed by atoms with Crippen LogP contribution in [0.1, 0.15) is 46.6 Å². The van der Waals surface area contributed by atoms with Crippen LogP contribution >= 0.6 is 27.5 Å². The number of rotatable bonds is 10. The van der Waals surface area contributed by atoms with Crippen molar-refractivity contribution in [2.45, 2.75) is 59.1 Å². The second kappa shape index (κ2) is 11.4. The van der Waals surface area contributed by atoms with E-state index in [0.717, 1.165) is 0 Å². The molecule has 1 atom stereocenters. The van der Waals surface area contributed by atoms with Gasteiger partial charge in [0.05, 0.1) is 28.2 Å². The van der Waals surface area contributed by atoms with Gasteiger partial charge in [-0.1, -0.05) is 11.6 Å². The molecule has 2 heterocycles. The molecule has 0 saturated carbocycles. The molecule has 0 aliphatic rings. The molecule has 2 rings (SSSR count). The molecule has 2 aromatic rings. The van der Waals surface area contributed by atoms with Gasteiger partial charge in [-0.25, -0.2) is 14.8 Å². The lowest BCUT2D eigenvalue weighted by atomic mass is 10.2. The molecule has 0 spiro atoms. The summed E-state index contributed by atoms with van der Waals surface area (Å²) in [6.45, 7) is 10.6. The molecule has 174 valence electrons. The third kappa shape index (κ3) is 6.76. The number of carbonyl (C=O) groups excluding carboxylic acids is 1. The van der Waals surface area contributed by atoms with Crippen molar-refractivity contribution >= 4 is 44.7 Å². The average molecular weight is 522 g/mol. The Labute approximate surface area is 195 Å². The number of methoxy groups -OCH3 is 1. The molecule has 2 aromatic heterocycles. The minimum absolute atomic E-state index is 0.253. The van der Waals surface area contributed by atoms with Crippen LogP contribution in [0.3, 0.4) is 0 Å². The minimum Gasteiger partial charge on any atom is -0.444 e. The van der Waals surface area contributed by atoms with Crippen molar-refractivity contribution in [1.29, 1.82) is 0 Å². The fourth-order valence-electron chi connectivity index (χ4n) is 3.07. The molecule has 0 fully saturated rings. The van der Waals surface area contributed by atoms with Crippen LogP contribution in [-0.2, 0) is 25.5 Å². The Kier molecular flexibility index (Phi) is 9.50. The SMILES string of the molecule is CCOC(OCC)c1c(Br)c2c(Cl)ncnc2n1CC(COC)NC(=O)OC(C)(C)C. The fraction of sp³-hybridized carbons (Fsp3) is 0.650. The van der Waals surface area contributed by atoms with E-state index in [2.05, 4.69) is 31.2 Å². The van der Waals surface area contributed by atoms with Gasteiger partial charge in [-0.2, -0.15) is 0 Å². The topological polar surface area (TPSA) is 96.7 Å². The average Bonchev–Trinajstić information content (AvgIpc) is 2.93. The molecule has 0 aliphatic heterocycles. The number of carbonyl (C=O) groups is 1. The number of halogens is 2. The first-order valence-corrected chi connectivity index (χ1v) is 11.2. The van der Waals surface area contributed by atoms with Crippen LogP contribution in [0.2, 0.25) is 5.15 Å². The van der Waals surface area contributed by atoms with E-state index in [9.17, 15) is 4.79 Å². The standard InChI is InChI=1S/C20H30BrClN4O5/c1-7-29-18(30-8-2)15-14(21)13-16(22)23-11-24-17(13)26(15)9-12(10-28-6)25-19(27)31-20(3,4)5/h11-12,18H,7-10H2,1-6H3,(H,25,27). The molecule has 0 aliphatic carbocycles. The van der Waals surface area contributed by atoms with E-state index < -0.39 is 24.0 Å². The van der Waals surface area contributed by atoms with Crippen molar-refractivity contribution in [3.63, 3.8) is 0 Å². The van der Waals surface area contributed by atoms with Crippen molar-refractivity contribution in [1.82, 2.24) is 19.9 Å². The maximum Gasteiger partial charge on any atom is 0.408 e. The highest BCUT2D eigenvalue weighted by atomic mass is 79.9. The fourth-order valence-corrected chi connectivity index (χ4v) is 4.17. The van der Waals surface area contributed by atoms with Crippen LogP contribution in [0.15, 0.2) is 10.8 Å². The molecule has 1 unspecified atom stereocenters. The van der Waals surface area contributed by atoms with E-state index in [1.54, 1.807) is 27.9 Å². The van der Waals surface area contributed by atoms with Crippen LogP contribution in [0.25, 0.3) is 11.0 Å². The van der Waals surface area contributed by atoms with E-state index >= 15 is 0 Å². The Morgan fingerprint density at radius 3 is 2.45 bits per heavy atom. The molecule has 1 amide bonds. The number of nitrogens with zero attached hydrogens (tertiary/aromatic N) is 3. The Balaban J connectivity index is 2.51. The molecule has 0 saturated heterocycles. The lowest BCUT2D eigenvalue weighted by Gasteiger charge is -2.25. The number of amides is 1. The van der Waals surface area contributed by atoms with E-state index in [1.165, 1.54) is 6.33 Å². The molecular formula is C20H30BrClN4O5. The first kappa shape index (κ1) is 25.8. The second-order valence-corrected chi connectivity index (χ2v) is 8.87. The molecule has 11 heteroatoms. The van der Waals surface area contributed by atoms with Crippen molar-refractivity contribution in [3.8, 4) is 0 Å². The maximum absolute atomic E-state index is 12.4. The molecule has 1 N–H and O–H groups in total. The number of fused-ring (bicyclic) bond motifs is 1. The van der Waals surface area contributed by atoms with Crippen molar-refractivity contribution in [2.24, 2.45) is 0 Å². The van der Waals surface area contributed by atoms with Gasteiger partial charge in [-0.3, -0.25) is 0 Å². The summed E-state index contributed by atoms with van der Waals surface area (Å²) in [7, 11) is 1.57. The van der Waals surface area contributed by atoms with Crippen molar-refractivity contribution < 1.29 is 23.7 Å². The Morgan fingerprint density at radius 2 is 1.90 bits per heavy atom. The van der Waals surface area contributed by atoms with Gasteiger partial charge in [0.2, 0.25) is 0 Å². The van der Waals surface area contributed by atoms with E-state index in [0.29, 0.717) is 46.1 Å². The largest absolute Gasteiger partial charge is 0.444 e. The molecule has 0 aromatic carbocycles. The van der Waals surface area contributed by atoms with Crippen LogP contribution < -0.4 is 5.32 Å². The van der Waals surface area contributed by atoms with Gasteiger partial charge >= 0.3 is 6.09 Å². The van der Waals surface area contributed by atoms with Gasteiger partial charge in [0, 0.05) is 26.9 Å². The van der Waals surface area contributed by atoms with Crippen LogP contribution in [0, 0.1) is 0 Å². The quantitative estimate of drug-likeness (QED) is 0.364. The summed E-state index contributed by atoms with van der Waals surface area (Å²) in [4.78, 5) is 20.9. The zero-order valence-electron chi connectivity index (χ0n) is 18.7. The molecule has 0 radical (unpaired) electrons. The third-order valence-electron chi connectivity index (χ3n) is 4.12. The maximum atomic E-state index is 12.4. The Bertz CT molecular complexity index is 881.